The van der Waals surface area contributed by atoms with Crippen molar-refractivity contribution in [2.45, 2.75) is 31.7 Å². The van der Waals surface area contributed by atoms with E-state index < -0.39 is 0 Å². The Morgan fingerprint density at radius 1 is 0.569 bits per heavy atom. The maximum Gasteiger partial charge on any atom is 0.162 e. The number of para-hydroxylation sites is 1. The first-order chi connectivity index (χ1) is 32.1. The highest BCUT2D eigenvalue weighted by Gasteiger charge is 2.43. The largest absolute Gasteiger partial charge is 0.333 e. The van der Waals surface area contributed by atoms with E-state index in [1.807, 2.05) is 0 Å². The Kier molecular flexibility index (Phi) is 8.80. The van der Waals surface area contributed by atoms with Gasteiger partial charge in [0, 0.05) is 68.9 Å². The highest BCUT2D eigenvalue weighted by atomic mass is 15.3. The second kappa shape index (κ2) is 15.2. The molecule has 0 amide bonds. The lowest BCUT2D eigenvalue weighted by atomic mass is 9.78. The van der Waals surface area contributed by atoms with Gasteiger partial charge in [-0.2, -0.15) is 0 Å². The lowest BCUT2D eigenvalue weighted by molar-refractivity contribution is 0.589. The summed E-state index contributed by atoms with van der Waals surface area (Å²) in [5.74, 6) is 2.57. The molecule has 5 aliphatic rings. The maximum absolute atomic E-state index is 5.69. The van der Waals surface area contributed by atoms with Gasteiger partial charge < -0.3 is 9.47 Å². The average Bonchev–Trinajstić information content (AvgIpc) is 3.88. The van der Waals surface area contributed by atoms with Crippen LogP contribution in [0.4, 0.5) is 5.82 Å². The second-order valence-electron chi connectivity index (χ2n) is 18.0. The minimum absolute atomic E-state index is 0.103. The van der Waals surface area contributed by atoms with Crippen LogP contribution in [0.2, 0.25) is 0 Å². The molecule has 4 aliphatic carbocycles. The normalized spacial score (nSPS) is 20.0. The van der Waals surface area contributed by atoms with Gasteiger partial charge in [0.05, 0.1) is 11.7 Å². The van der Waals surface area contributed by atoms with Crippen LogP contribution in [0.1, 0.15) is 46.3 Å². The predicted molar refractivity (Wildman–Crippen MR) is 268 cm³/mol. The highest BCUT2D eigenvalue weighted by molar-refractivity contribution is 5.91. The molecular weight excluding hydrogens is 789 g/mol. The molecule has 6 aromatic carbocycles. The van der Waals surface area contributed by atoms with Crippen molar-refractivity contribution in [3.8, 4) is 44.9 Å². The molecule has 13 rings (SSSR count). The second-order valence-corrected chi connectivity index (χ2v) is 18.0. The lowest BCUT2D eigenvalue weighted by Crippen LogP contribution is -2.26. The standard InChI is InChI=1S/C61H46N4/c1-39-59(44-29-27-42(28-30-44)40-15-4-2-5-16-40)62-60(48-23-14-22-45(35-48)41-17-6-3-7-18-41)63-61(39)65-56-37-47-21-9-8-20-46(47)36-53(56)51-33-32-49(38-57(51)65)64-54-26-13-12-25-52(54)58-50-24-11-10-19-43(50)31-34-55(58)64/h2-35,37,43,49-50,53H,36,38H2,1H3. The molecule has 0 N–H and O–H groups in total. The number of allylic oxidation sites excluding steroid dienone is 9. The van der Waals surface area contributed by atoms with Crippen LogP contribution < -0.4 is 4.90 Å². The Morgan fingerprint density at radius 3 is 2.11 bits per heavy atom. The average molecular weight is 835 g/mol. The molecule has 0 saturated heterocycles. The number of hydrogen-bond donors (Lipinski definition) is 0. The van der Waals surface area contributed by atoms with Gasteiger partial charge in [0.2, 0.25) is 0 Å². The van der Waals surface area contributed by atoms with E-state index >= 15 is 0 Å². The summed E-state index contributed by atoms with van der Waals surface area (Å²) in [5, 5.41) is 1.35. The molecule has 1 aliphatic heterocycles. The number of aromatic nitrogens is 3. The first kappa shape index (κ1) is 37.7. The molecule has 2 aromatic heterocycles. The van der Waals surface area contributed by atoms with Crippen LogP contribution >= 0.6 is 0 Å². The molecule has 0 spiro atoms. The van der Waals surface area contributed by atoms with Gasteiger partial charge in [0.1, 0.15) is 5.82 Å². The van der Waals surface area contributed by atoms with Crippen molar-refractivity contribution in [3.05, 3.63) is 245 Å². The zero-order chi connectivity index (χ0) is 43.0. The minimum Gasteiger partial charge on any atom is -0.333 e. The van der Waals surface area contributed by atoms with Crippen molar-refractivity contribution < 1.29 is 0 Å². The minimum atomic E-state index is 0.103. The van der Waals surface area contributed by atoms with E-state index in [0.717, 1.165) is 52.4 Å². The number of benzene rings is 6. The van der Waals surface area contributed by atoms with Crippen molar-refractivity contribution in [3.63, 3.8) is 0 Å². The highest BCUT2D eigenvalue weighted by Crippen LogP contribution is 2.53. The van der Waals surface area contributed by atoms with Gasteiger partial charge in [-0.15, -0.1) is 0 Å². The molecule has 310 valence electrons. The van der Waals surface area contributed by atoms with E-state index in [9.17, 15) is 0 Å². The fraction of sp³-hybridized carbons (Fsp3) is 0.115. The Hall–Kier alpha value is -7.82. The third-order valence-corrected chi connectivity index (χ3v) is 14.4. The smallest absolute Gasteiger partial charge is 0.162 e. The van der Waals surface area contributed by atoms with Crippen LogP contribution in [-0.4, -0.2) is 14.5 Å². The summed E-state index contributed by atoms with van der Waals surface area (Å²) in [6, 6.07) is 56.9. The Labute approximate surface area is 380 Å². The molecule has 4 atom stereocenters. The van der Waals surface area contributed by atoms with Gasteiger partial charge in [0.15, 0.2) is 5.82 Å². The van der Waals surface area contributed by atoms with E-state index in [0.29, 0.717) is 11.8 Å². The number of rotatable bonds is 6. The zero-order valence-electron chi connectivity index (χ0n) is 36.2. The molecule has 4 nitrogen and oxygen atoms in total. The quantitative estimate of drug-likeness (QED) is 0.167. The SMILES string of the molecule is Cc1c(-c2ccc(-c3ccccc3)cc2)nc(-c2cccc(-c3ccccc3)c2)nc1N1C2=Cc3ccccc3CC2C2=C1CC(n1c3c(c4ccccc41)C1C=CC=CC1C=C3)C=C2. The fourth-order valence-corrected chi connectivity index (χ4v) is 11.3. The number of anilines is 1. The molecular formula is C61H46N4. The Balaban J connectivity index is 0.995. The summed E-state index contributed by atoms with van der Waals surface area (Å²) < 4.78 is 2.63. The van der Waals surface area contributed by atoms with Crippen molar-refractivity contribution in [2.75, 3.05) is 4.90 Å². The fourth-order valence-electron chi connectivity index (χ4n) is 11.3. The molecule has 3 heterocycles. The molecule has 0 bridgehead atoms. The summed E-state index contributed by atoms with van der Waals surface area (Å²) in [4.78, 5) is 13.7. The first-order valence-electron chi connectivity index (χ1n) is 23.0. The molecule has 4 heteroatoms. The van der Waals surface area contributed by atoms with E-state index in [-0.39, 0.29) is 12.0 Å². The van der Waals surface area contributed by atoms with Crippen LogP contribution in [0.5, 0.6) is 0 Å². The predicted octanol–water partition coefficient (Wildman–Crippen LogP) is 14.7. The van der Waals surface area contributed by atoms with Gasteiger partial charge in [-0.3, -0.25) is 0 Å². The number of nitrogens with zero attached hydrogens (tertiary/aromatic N) is 4. The van der Waals surface area contributed by atoms with E-state index in [4.69, 9.17) is 9.97 Å². The van der Waals surface area contributed by atoms with E-state index in [2.05, 4.69) is 229 Å². The van der Waals surface area contributed by atoms with Gasteiger partial charge in [-0.25, -0.2) is 9.97 Å². The summed E-state index contributed by atoms with van der Waals surface area (Å²) in [5.41, 5.74) is 19.5. The van der Waals surface area contributed by atoms with Gasteiger partial charge >= 0.3 is 0 Å². The van der Waals surface area contributed by atoms with Gasteiger partial charge in [-0.1, -0.05) is 188 Å². The maximum atomic E-state index is 5.69. The molecule has 65 heavy (non-hydrogen) atoms. The van der Waals surface area contributed by atoms with Crippen LogP contribution in [0.15, 0.2) is 217 Å². The van der Waals surface area contributed by atoms with Crippen LogP contribution in [0, 0.1) is 18.8 Å². The van der Waals surface area contributed by atoms with Crippen molar-refractivity contribution in [2.24, 2.45) is 11.8 Å². The molecule has 0 fully saturated rings. The monoisotopic (exact) mass is 834 g/mol. The van der Waals surface area contributed by atoms with Gasteiger partial charge in [0.25, 0.3) is 0 Å². The van der Waals surface area contributed by atoms with Crippen molar-refractivity contribution in [1.82, 2.24) is 14.5 Å². The van der Waals surface area contributed by atoms with Crippen molar-refractivity contribution >= 4 is 28.9 Å². The summed E-state index contributed by atoms with van der Waals surface area (Å²) in [6.07, 6.45) is 23.1. The third-order valence-electron chi connectivity index (χ3n) is 14.4. The zero-order valence-corrected chi connectivity index (χ0v) is 36.2. The van der Waals surface area contributed by atoms with Gasteiger partial charge in [-0.05, 0) is 82.1 Å². The number of hydrogen-bond acceptors (Lipinski definition) is 3. The molecule has 4 unspecified atom stereocenters. The molecule has 0 saturated carbocycles. The van der Waals surface area contributed by atoms with Crippen LogP contribution in [0.25, 0.3) is 68.0 Å². The summed E-state index contributed by atoms with van der Waals surface area (Å²) >= 11 is 0. The van der Waals surface area contributed by atoms with E-state index in [1.165, 1.54) is 66.9 Å². The lowest BCUT2D eigenvalue weighted by Gasteiger charge is -2.32. The summed E-state index contributed by atoms with van der Waals surface area (Å²) in [6.45, 7) is 2.23. The number of fused-ring (bicyclic) bond motifs is 8. The molecule has 8 aromatic rings. The van der Waals surface area contributed by atoms with Crippen molar-refractivity contribution in [1.29, 1.82) is 0 Å². The molecule has 0 radical (unpaired) electrons. The first-order valence-corrected chi connectivity index (χ1v) is 23.0. The topological polar surface area (TPSA) is 34.0 Å². The van der Waals surface area contributed by atoms with E-state index in [1.54, 1.807) is 0 Å². The Morgan fingerprint density at radius 2 is 1.26 bits per heavy atom. The van der Waals surface area contributed by atoms with Crippen LogP contribution in [-0.2, 0) is 6.42 Å². The van der Waals surface area contributed by atoms with Crippen LogP contribution in [0.3, 0.4) is 0 Å². The Bertz CT molecular complexity index is 3400. The summed E-state index contributed by atoms with van der Waals surface area (Å²) in [7, 11) is 0. The third kappa shape index (κ3) is 6.19.